The lowest BCUT2D eigenvalue weighted by Gasteiger charge is -2.09. The summed E-state index contributed by atoms with van der Waals surface area (Å²) in [6.07, 6.45) is 11.8. The second kappa shape index (κ2) is 20.3. The lowest BCUT2D eigenvalue weighted by atomic mass is 10.1. The molecule has 0 bridgehead atoms. The average molecular weight is 386 g/mol. The molecule has 0 unspecified atom stereocenters. The minimum absolute atomic E-state index is 0. The summed E-state index contributed by atoms with van der Waals surface area (Å²) in [6, 6.07) is -0.199. The molecule has 0 fully saturated rings. The Balaban J connectivity index is -0.00000220. The number of unbranched alkanes of at least 4 members (excludes halogenated alkanes) is 7. The van der Waals surface area contributed by atoms with Crippen molar-refractivity contribution in [3.63, 3.8) is 0 Å². The van der Waals surface area contributed by atoms with E-state index in [1.54, 1.807) is 0 Å². The van der Waals surface area contributed by atoms with E-state index in [4.69, 9.17) is 11.5 Å². The number of hydrogen-bond acceptors (Lipinski definition) is 1. The third-order valence-corrected chi connectivity index (χ3v) is 3.76. The maximum atomic E-state index is 11.8. The molecular formula is C16H37Cl2N5O. The Labute approximate surface area is 159 Å². The predicted molar refractivity (Wildman–Crippen MR) is 90.7 cm³/mol. The molecule has 0 aromatic heterocycles. The molecule has 0 radical (unpaired) electrons. The number of amides is 1. The number of quaternary nitrogens is 1. The molecule has 1 atom stereocenters. The van der Waals surface area contributed by atoms with Gasteiger partial charge in [-0.3, -0.25) is 21.3 Å². The summed E-state index contributed by atoms with van der Waals surface area (Å²) >= 11 is 0. The highest BCUT2D eigenvalue weighted by Crippen LogP contribution is 2.07. The van der Waals surface area contributed by atoms with Crippen LogP contribution < -0.4 is 52.3 Å². The predicted octanol–water partition coefficient (Wildman–Crippen LogP) is -7.00. The molecule has 146 valence electrons. The van der Waals surface area contributed by atoms with Gasteiger partial charge in [-0.25, -0.2) is 0 Å². The summed E-state index contributed by atoms with van der Waals surface area (Å²) in [5, 5.41) is 2.97. The summed E-state index contributed by atoms with van der Waals surface area (Å²) in [4.78, 5) is 14.7. The van der Waals surface area contributed by atoms with Crippen LogP contribution in [-0.2, 0) is 4.79 Å². The first kappa shape index (κ1) is 28.1. The molecule has 0 aliphatic carbocycles. The van der Waals surface area contributed by atoms with Crippen LogP contribution in [0.1, 0.15) is 71.1 Å². The Morgan fingerprint density at radius 3 is 2.08 bits per heavy atom. The van der Waals surface area contributed by atoms with Crippen LogP contribution in [-0.4, -0.2) is 31.0 Å². The largest absolute Gasteiger partial charge is 1.00 e. The molecule has 0 heterocycles. The fraction of sp³-hybridized carbons (Fsp3) is 0.875. The molecule has 0 aliphatic heterocycles. The molecule has 0 aromatic rings. The minimum atomic E-state index is -0.199. The zero-order valence-electron chi connectivity index (χ0n) is 15.1. The van der Waals surface area contributed by atoms with Crippen LogP contribution in [0.15, 0.2) is 0 Å². The Bertz CT molecular complexity index is 313. The number of halogens is 2. The molecule has 24 heavy (non-hydrogen) atoms. The van der Waals surface area contributed by atoms with Crippen molar-refractivity contribution < 1.29 is 40.3 Å². The van der Waals surface area contributed by atoms with Gasteiger partial charge in [-0.05, 0) is 12.8 Å². The van der Waals surface area contributed by atoms with E-state index in [1.165, 1.54) is 44.9 Å². The van der Waals surface area contributed by atoms with Crippen LogP contribution >= 0.6 is 0 Å². The SMILES string of the molecule is CCCCCCCCCCNC(=O)[C@@H]([NH3+])CCC[NH+]=C(N)N.[Cl-].[Cl-]. The van der Waals surface area contributed by atoms with Crippen molar-refractivity contribution >= 4 is 11.9 Å². The highest BCUT2D eigenvalue weighted by molar-refractivity contribution is 5.79. The van der Waals surface area contributed by atoms with Crippen molar-refractivity contribution in [2.45, 2.75) is 77.2 Å². The third-order valence-electron chi connectivity index (χ3n) is 3.76. The molecule has 8 heteroatoms. The van der Waals surface area contributed by atoms with E-state index < -0.39 is 0 Å². The van der Waals surface area contributed by atoms with Crippen LogP contribution in [0.25, 0.3) is 0 Å². The Morgan fingerprint density at radius 2 is 1.54 bits per heavy atom. The van der Waals surface area contributed by atoms with Gasteiger partial charge in [-0.2, -0.15) is 0 Å². The fourth-order valence-electron chi connectivity index (χ4n) is 2.33. The van der Waals surface area contributed by atoms with E-state index in [1.807, 2.05) is 0 Å². The molecule has 1 amide bonds. The maximum Gasteiger partial charge on any atom is 0.338 e. The van der Waals surface area contributed by atoms with Gasteiger partial charge in [0, 0.05) is 13.0 Å². The molecule has 0 saturated heterocycles. The van der Waals surface area contributed by atoms with Crippen molar-refractivity contribution in [1.82, 2.24) is 5.32 Å². The van der Waals surface area contributed by atoms with E-state index >= 15 is 0 Å². The summed E-state index contributed by atoms with van der Waals surface area (Å²) in [5.74, 6) is 0.271. The fourth-order valence-corrected chi connectivity index (χ4v) is 2.33. The Kier molecular flexibility index (Phi) is 23.8. The van der Waals surface area contributed by atoms with Crippen LogP contribution in [0, 0.1) is 0 Å². The number of nitrogens with two attached hydrogens (primary N) is 2. The van der Waals surface area contributed by atoms with E-state index in [-0.39, 0.29) is 42.7 Å². The van der Waals surface area contributed by atoms with Crippen LogP contribution in [0.4, 0.5) is 0 Å². The summed E-state index contributed by atoms with van der Waals surface area (Å²) in [6.45, 7) is 3.68. The van der Waals surface area contributed by atoms with Gasteiger partial charge < -0.3 is 35.9 Å². The summed E-state index contributed by atoms with van der Waals surface area (Å²) in [5.41, 5.74) is 14.5. The second-order valence-electron chi connectivity index (χ2n) is 5.99. The Hall–Kier alpha value is -0.720. The van der Waals surface area contributed by atoms with Gasteiger partial charge in [0.15, 0.2) is 6.04 Å². The van der Waals surface area contributed by atoms with Gasteiger partial charge in [0.25, 0.3) is 5.91 Å². The summed E-state index contributed by atoms with van der Waals surface area (Å²) < 4.78 is 0. The smallest absolute Gasteiger partial charge is 0.338 e. The zero-order chi connectivity index (χ0) is 16.6. The van der Waals surface area contributed by atoms with E-state index in [0.29, 0.717) is 6.54 Å². The normalized spacial score (nSPS) is 10.9. The van der Waals surface area contributed by atoms with Crippen LogP contribution in [0.2, 0.25) is 0 Å². The van der Waals surface area contributed by atoms with E-state index in [0.717, 1.165) is 25.8 Å². The quantitative estimate of drug-likeness (QED) is 0.116. The van der Waals surface area contributed by atoms with Gasteiger partial charge in [0.1, 0.15) is 0 Å². The first-order chi connectivity index (χ1) is 10.6. The molecular weight excluding hydrogens is 349 g/mol. The molecule has 0 rings (SSSR count). The van der Waals surface area contributed by atoms with Crippen molar-refractivity contribution in [2.75, 3.05) is 13.1 Å². The van der Waals surface area contributed by atoms with Crippen LogP contribution in [0.3, 0.4) is 0 Å². The number of guanidine groups is 1. The number of rotatable bonds is 14. The average Bonchev–Trinajstić information content (AvgIpc) is 2.49. The molecule has 0 aliphatic rings. The van der Waals surface area contributed by atoms with E-state index in [9.17, 15) is 4.79 Å². The molecule has 0 saturated carbocycles. The second-order valence-corrected chi connectivity index (χ2v) is 5.99. The monoisotopic (exact) mass is 385 g/mol. The first-order valence-electron chi connectivity index (χ1n) is 8.80. The van der Waals surface area contributed by atoms with E-state index in [2.05, 4.69) is 23.0 Å². The third kappa shape index (κ3) is 19.3. The van der Waals surface area contributed by atoms with Crippen molar-refractivity contribution in [1.29, 1.82) is 0 Å². The highest BCUT2D eigenvalue weighted by Gasteiger charge is 2.15. The molecule has 0 aromatic carbocycles. The number of nitrogens with one attached hydrogen (secondary N) is 2. The Morgan fingerprint density at radius 1 is 1.00 bits per heavy atom. The standard InChI is InChI=1S/C16H35N5O.2ClH/c1-2-3-4-5-6-7-8-9-12-20-15(22)14(17)11-10-13-21-16(18)19;;/h14H,2-13,17H2,1H3,(H,20,22)(H4,18,19,21);2*1H/t14-;;/m0../s1. The van der Waals surface area contributed by atoms with Gasteiger partial charge >= 0.3 is 5.96 Å². The molecule has 0 spiro atoms. The van der Waals surface area contributed by atoms with Crippen molar-refractivity contribution in [2.24, 2.45) is 11.5 Å². The lowest BCUT2D eigenvalue weighted by molar-refractivity contribution is -0.463. The van der Waals surface area contributed by atoms with Gasteiger partial charge in [-0.15, -0.1) is 0 Å². The minimum Gasteiger partial charge on any atom is -1.00 e. The van der Waals surface area contributed by atoms with Gasteiger partial charge in [0.2, 0.25) is 0 Å². The van der Waals surface area contributed by atoms with Gasteiger partial charge in [0.05, 0.1) is 6.54 Å². The van der Waals surface area contributed by atoms with Crippen LogP contribution in [0.5, 0.6) is 0 Å². The molecule has 9 N–H and O–H groups in total. The van der Waals surface area contributed by atoms with Crippen molar-refractivity contribution in [3.8, 4) is 0 Å². The highest BCUT2D eigenvalue weighted by atomic mass is 35.5. The molecule has 6 nitrogen and oxygen atoms in total. The number of hydrogen-bond donors (Lipinski definition) is 5. The van der Waals surface area contributed by atoms with Crippen molar-refractivity contribution in [3.05, 3.63) is 0 Å². The first-order valence-corrected chi connectivity index (χ1v) is 8.80. The number of carbonyl (C=O) groups is 1. The summed E-state index contributed by atoms with van der Waals surface area (Å²) in [7, 11) is 0. The maximum absolute atomic E-state index is 11.8. The van der Waals surface area contributed by atoms with Gasteiger partial charge in [-0.1, -0.05) is 51.9 Å². The lowest BCUT2D eigenvalue weighted by Crippen LogP contribution is -3.00. The zero-order valence-corrected chi connectivity index (χ0v) is 16.6. The number of carbonyl (C=O) groups excluding carboxylic acids is 1. The topological polar surface area (TPSA) is 123 Å².